The van der Waals surface area contributed by atoms with E-state index in [2.05, 4.69) is 15.3 Å². The molecule has 0 spiro atoms. The number of pyridine rings is 1. The lowest BCUT2D eigenvalue weighted by Crippen LogP contribution is -2.40. The number of benzene rings is 1. The minimum Gasteiger partial charge on any atom is -0.379 e. The van der Waals surface area contributed by atoms with E-state index in [1.807, 2.05) is 30.0 Å². The van der Waals surface area contributed by atoms with Gasteiger partial charge in [0.15, 0.2) is 0 Å². The molecule has 1 aliphatic rings. The molecule has 4 rings (SSSR count). The van der Waals surface area contributed by atoms with E-state index in [4.69, 9.17) is 4.74 Å². The standard InChI is InChI=1S/C21H25N5O4S2/c1-25-18-5-4-16(32(28,29)26-9-11-30-12-10-26)13-17(18)24-19(25)6-7-20(27)23-15-3-8-21(31-2)22-14-15/h3-5,8,13-14H,6-7,9-12H2,1-2H3,(H,23,27). The number of aryl methyl sites for hydroxylation is 2. The number of hydrogen-bond donors (Lipinski definition) is 1. The summed E-state index contributed by atoms with van der Waals surface area (Å²) in [5.74, 6) is 0.582. The molecule has 3 aromatic rings. The van der Waals surface area contributed by atoms with Crippen molar-refractivity contribution in [2.75, 3.05) is 37.9 Å². The highest BCUT2D eigenvalue weighted by Crippen LogP contribution is 2.23. The number of imidazole rings is 1. The molecular formula is C21H25N5O4S2. The summed E-state index contributed by atoms with van der Waals surface area (Å²) in [7, 11) is -1.73. The zero-order chi connectivity index (χ0) is 22.7. The van der Waals surface area contributed by atoms with Gasteiger partial charge >= 0.3 is 0 Å². The van der Waals surface area contributed by atoms with Crippen LogP contribution in [0.5, 0.6) is 0 Å². The first-order chi connectivity index (χ1) is 15.4. The van der Waals surface area contributed by atoms with Gasteiger partial charge in [-0.25, -0.2) is 18.4 Å². The topological polar surface area (TPSA) is 106 Å². The Labute approximate surface area is 191 Å². The Balaban J connectivity index is 1.46. The molecule has 0 atom stereocenters. The highest BCUT2D eigenvalue weighted by molar-refractivity contribution is 7.98. The van der Waals surface area contributed by atoms with Crippen LogP contribution in [0.2, 0.25) is 0 Å². The van der Waals surface area contributed by atoms with Crippen molar-refractivity contribution in [2.45, 2.75) is 22.8 Å². The van der Waals surface area contributed by atoms with Gasteiger partial charge < -0.3 is 14.6 Å². The second-order valence-electron chi connectivity index (χ2n) is 7.39. The van der Waals surface area contributed by atoms with Crippen molar-refractivity contribution in [1.29, 1.82) is 0 Å². The SMILES string of the molecule is CSc1ccc(NC(=O)CCc2nc3cc(S(=O)(=O)N4CCOCC4)ccc3n2C)cn1. The lowest BCUT2D eigenvalue weighted by atomic mass is 10.2. The first-order valence-corrected chi connectivity index (χ1v) is 12.9. The highest BCUT2D eigenvalue weighted by Gasteiger charge is 2.27. The lowest BCUT2D eigenvalue weighted by Gasteiger charge is -2.26. The molecule has 1 N–H and O–H groups in total. The summed E-state index contributed by atoms with van der Waals surface area (Å²) in [6.07, 6.45) is 4.26. The Morgan fingerprint density at radius 2 is 2.00 bits per heavy atom. The van der Waals surface area contributed by atoms with Gasteiger partial charge in [0.25, 0.3) is 0 Å². The van der Waals surface area contributed by atoms with Crippen LogP contribution in [0.3, 0.4) is 0 Å². The maximum Gasteiger partial charge on any atom is 0.243 e. The van der Waals surface area contributed by atoms with Crippen molar-refractivity contribution in [3.05, 3.63) is 42.4 Å². The summed E-state index contributed by atoms with van der Waals surface area (Å²) in [6, 6.07) is 8.65. The fraction of sp³-hybridized carbons (Fsp3) is 0.381. The fourth-order valence-electron chi connectivity index (χ4n) is 3.57. The summed E-state index contributed by atoms with van der Waals surface area (Å²) in [6.45, 7) is 1.49. The number of thioether (sulfide) groups is 1. The van der Waals surface area contributed by atoms with Crippen LogP contribution < -0.4 is 5.32 Å². The molecule has 32 heavy (non-hydrogen) atoms. The molecule has 2 aromatic heterocycles. The maximum absolute atomic E-state index is 12.9. The van der Waals surface area contributed by atoms with Crippen LogP contribution in [0, 0.1) is 0 Å². The van der Waals surface area contributed by atoms with Crippen LogP contribution >= 0.6 is 11.8 Å². The van der Waals surface area contributed by atoms with Crippen LogP contribution in [-0.2, 0) is 33.0 Å². The zero-order valence-corrected chi connectivity index (χ0v) is 19.6. The van der Waals surface area contributed by atoms with Gasteiger partial charge in [-0.2, -0.15) is 4.31 Å². The molecule has 11 heteroatoms. The van der Waals surface area contributed by atoms with E-state index in [9.17, 15) is 13.2 Å². The molecule has 1 aliphatic heterocycles. The Hall–Kier alpha value is -2.47. The normalized spacial score (nSPS) is 15.2. The predicted octanol–water partition coefficient (Wildman–Crippen LogP) is 2.28. The lowest BCUT2D eigenvalue weighted by molar-refractivity contribution is -0.116. The number of carbonyl (C=O) groups excluding carboxylic acids is 1. The van der Waals surface area contributed by atoms with Crippen LogP contribution in [0.25, 0.3) is 11.0 Å². The molecule has 0 bridgehead atoms. The molecule has 1 amide bonds. The van der Waals surface area contributed by atoms with E-state index in [1.54, 1.807) is 24.4 Å². The van der Waals surface area contributed by atoms with Crippen molar-refractivity contribution in [1.82, 2.24) is 18.8 Å². The van der Waals surface area contributed by atoms with Crippen molar-refractivity contribution in [3.8, 4) is 0 Å². The van der Waals surface area contributed by atoms with Gasteiger partial charge in [0.05, 0.1) is 46.1 Å². The monoisotopic (exact) mass is 475 g/mol. The van der Waals surface area contributed by atoms with Crippen molar-refractivity contribution < 1.29 is 17.9 Å². The summed E-state index contributed by atoms with van der Waals surface area (Å²) in [5, 5.41) is 3.73. The molecule has 3 heterocycles. The number of nitrogens with one attached hydrogen (secondary N) is 1. The number of rotatable bonds is 7. The Morgan fingerprint density at radius 1 is 1.22 bits per heavy atom. The molecule has 170 valence electrons. The smallest absolute Gasteiger partial charge is 0.243 e. The van der Waals surface area contributed by atoms with Crippen LogP contribution in [0.4, 0.5) is 5.69 Å². The number of anilines is 1. The molecule has 0 saturated carbocycles. The average molecular weight is 476 g/mol. The van der Waals surface area contributed by atoms with Crippen molar-refractivity contribution >= 4 is 44.4 Å². The minimum absolute atomic E-state index is 0.133. The Bertz CT molecular complexity index is 1220. The molecule has 1 saturated heterocycles. The summed E-state index contributed by atoms with van der Waals surface area (Å²) in [5.41, 5.74) is 2.06. The van der Waals surface area contributed by atoms with Crippen molar-refractivity contribution in [2.24, 2.45) is 7.05 Å². The third-order valence-corrected chi connectivity index (χ3v) is 7.91. The van der Waals surface area contributed by atoms with Crippen LogP contribution in [0.15, 0.2) is 46.5 Å². The van der Waals surface area contributed by atoms with Gasteiger partial charge in [0.1, 0.15) is 5.82 Å². The molecule has 9 nitrogen and oxygen atoms in total. The quantitative estimate of drug-likeness (QED) is 0.523. The van der Waals surface area contributed by atoms with E-state index in [0.29, 0.717) is 49.8 Å². The third-order valence-electron chi connectivity index (χ3n) is 5.36. The van der Waals surface area contributed by atoms with Gasteiger partial charge in [0.2, 0.25) is 15.9 Å². The highest BCUT2D eigenvalue weighted by atomic mass is 32.2. The minimum atomic E-state index is -3.59. The first-order valence-electron chi connectivity index (χ1n) is 10.2. The van der Waals surface area contributed by atoms with Crippen molar-refractivity contribution in [3.63, 3.8) is 0 Å². The van der Waals surface area contributed by atoms with E-state index in [1.165, 1.54) is 16.1 Å². The number of amides is 1. The summed E-state index contributed by atoms with van der Waals surface area (Å²) < 4.78 is 34.4. The number of morpholine rings is 1. The zero-order valence-electron chi connectivity index (χ0n) is 17.9. The van der Waals surface area contributed by atoms with Gasteiger partial charge in [0, 0.05) is 33.0 Å². The number of aromatic nitrogens is 3. The van der Waals surface area contributed by atoms with E-state index in [-0.39, 0.29) is 17.2 Å². The summed E-state index contributed by atoms with van der Waals surface area (Å²) in [4.78, 5) is 21.4. The summed E-state index contributed by atoms with van der Waals surface area (Å²) >= 11 is 1.54. The van der Waals surface area contributed by atoms with Gasteiger partial charge in [-0.05, 0) is 36.6 Å². The van der Waals surface area contributed by atoms with Crippen LogP contribution in [-0.4, -0.2) is 65.7 Å². The number of carbonyl (C=O) groups is 1. The molecule has 0 unspecified atom stereocenters. The van der Waals surface area contributed by atoms with Crippen LogP contribution in [0.1, 0.15) is 12.2 Å². The van der Waals surface area contributed by atoms with E-state index < -0.39 is 10.0 Å². The molecule has 1 fully saturated rings. The first kappa shape index (κ1) is 22.7. The predicted molar refractivity (Wildman–Crippen MR) is 123 cm³/mol. The molecule has 0 aliphatic carbocycles. The Kier molecular flexibility index (Phi) is 6.79. The number of sulfonamides is 1. The van der Waals surface area contributed by atoms with E-state index >= 15 is 0 Å². The van der Waals surface area contributed by atoms with Gasteiger partial charge in [-0.15, -0.1) is 11.8 Å². The maximum atomic E-state index is 12.9. The second-order valence-corrected chi connectivity index (χ2v) is 10.2. The molecule has 0 radical (unpaired) electrons. The number of fused-ring (bicyclic) bond motifs is 1. The largest absolute Gasteiger partial charge is 0.379 e. The number of nitrogens with zero attached hydrogens (tertiary/aromatic N) is 4. The number of ether oxygens (including phenoxy) is 1. The van der Waals surface area contributed by atoms with Gasteiger partial charge in [-0.3, -0.25) is 4.79 Å². The third kappa shape index (κ3) is 4.80. The molecule has 1 aromatic carbocycles. The second kappa shape index (κ2) is 9.57. The number of hydrogen-bond acceptors (Lipinski definition) is 7. The Morgan fingerprint density at radius 3 is 2.69 bits per heavy atom. The molecular weight excluding hydrogens is 450 g/mol. The van der Waals surface area contributed by atoms with Gasteiger partial charge in [-0.1, -0.05) is 0 Å². The average Bonchev–Trinajstić information content (AvgIpc) is 3.13. The fourth-order valence-corrected chi connectivity index (χ4v) is 5.36. The van der Waals surface area contributed by atoms with E-state index in [0.717, 1.165) is 10.5 Å².